The summed E-state index contributed by atoms with van der Waals surface area (Å²) in [5.74, 6) is -0.0113. The second-order valence-corrected chi connectivity index (χ2v) is 7.97. The zero-order valence-electron chi connectivity index (χ0n) is 15.8. The number of amides is 2. The summed E-state index contributed by atoms with van der Waals surface area (Å²) in [6, 6.07) is 16.7. The first-order valence-electron chi connectivity index (χ1n) is 9.04. The molecule has 0 aliphatic carbocycles. The molecule has 0 unspecified atom stereocenters. The number of aromatic nitrogens is 2. The first kappa shape index (κ1) is 22.1. The van der Waals surface area contributed by atoms with Crippen LogP contribution in [0.1, 0.15) is 22.5 Å². The minimum Gasteiger partial charge on any atom is -0.350 e. The maximum absolute atomic E-state index is 12.4. The fraction of sp³-hybridized carbons (Fsp3) is 0.143. The number of nitrogens with zero attached hydrogens (tertiary/aromatic N) is 2. The molecule has 0 aliphatic rings. The highest BCUT2D eigenvalue weighted by atomic mass is 35.5. The Morgan fingerprint density at radius 1 is 1.00 bits per heavy atom. The summed E-state index contributed by atoms with van der Waals surface area (Å²) in [4.78, 5) is 32.9. The molecule has 3 aromatic rings. The molecule has 0 atom stereocenters. The van der Waals surface area contributed by atoms with Gasteiger partial charge in [-0.3, -0.25) is 9.59 Å². The summed E-state index contributed by atoms with van der Waals surface area (Å²) in [5.41, 5.74) is 1.84. The third-order valence-electron chi connectivity index (χ3n) is 3.91. The van der Waals surface area contributed by atoms with Crippen molar-refractivity contribution in [3.63, 3.8) is 0 Å². The number of rotatable bonds is 8. The summed E-state index contributed by atoms with van der Waals surface area (Å²) in [6.07, 6.45) is 1.51. The number of nitrogens with one attached hydrogen (secondary N) is 2. The van der Waals surface area contributed by atoms with Crippen LogP contribution >= 0.6 is 35.0 Å². The first-order valence-corrected chi connectivity index (χ1v) is 10.8. The third-order valence-corrected chi connectivity index (χ3v) is 5.37. The van der Waals surface area contributed by atoms with Gasteiger partial charge in [-0.15, -0.1) is 0 Å². The second kappa shape index (κ2) is 11.0. The molecule has 2 N–H and O–H groups in total. The van der Waals surface area contributed by atoms with Gasteiger partial charge in [-0.1, -0.05) is 65.3 Å². The first-order chi connectivity index (χ1) is 14.5. The van der Waals surface area contributed by atoms with Gasteiger partial charge < -0.3 is 10.6 Å². The Morgan fingerprint density at radius 2 is 1.73 bits per heavy atom. The van der Waals surface area contributed by atoms with E-state index in [4.69, 9.17) is 23.2 Å². The largest absolute Gasteiger partial charge is 0.350 e. The van der Waals surface area contributed by atoms with Crippen molar-refractivity contribution in [3.05, 3.63) is 82.1 Å². The van der Waals surface area contributed by atoms with Gasteiger partial charge in [0.1, 0.15) is 0 Å². The number of halogens is 2. The van der Waals surface area contributed by atoms with Crippen LogP contribution in [-0.2, 0) is 10.5 Å². The lowest BCUT2D eigenvalue weighted by atomic mass is 10.2. The van der Waals surface area contributed by atoms with E-state index in [1.54, 1.807) is 24.3 Å². The van der Waals surface area contributed by atoms with Crippen LogP contribution in [0.15, 0.2) is 66.0 Å². The average molecular weight is 461 g/mol. The van der Waals surface area contributed by atoms with Crippen LogP contribution in [0.2, 0.25) is 10.0 Å². The molecule has 9 heteroatoms. The summed E-state index contributed by atoms with van der Waals surface area (Å²) < 4.78 is 0. The molecule has 0 fully saturated rings. The number of hydrogen-bond acceptors (Lipinski definition) is 5. The molecule has 2 aromatic carbocycles. The Morgan fingerprint density at radius 3 is 2.47 bits per heavy atom. The maximum Gasteiger partial charge on any atom is 0.271 e. The molecule has 0 spiro atoms. The van der Waals surface area contributed by atoms with E-state index in [0.29, 0.717) is 21.6 Å². The number of hydrogen-bond donors (Lipinski definition) is 2. The van der Waals surface area contributed by atoms with Gasteiger partial charge in [-0.25, -0.2) is 9.97 Å². The van der Waals surface area contributed by atoms with E-state index in [1.165, 1.54) is 18.0 Å². The highest BCUT2D eigenvalue weighted by Crippen LogP contribution is 2.22. The zero-order valence-corrected chi connectivity index (χ0v) is 18.1. The smallest absolute Gasteiger partial charge is 0.271 e. The van der Waals surface area contributed by atoms with E-state index >= 15 is 0 Å². The summed E-state index contributed by atoms with van der Waals surface area (Å²) in [7, 11) is 0. The third kappa shape index (κ3) is 6.73. The minimum absolute atomic E-state index is 0.0836. The fourth-order valence-corrected chi connectivity index (χ4v) is 3.51. The Hall–Kier alpha value is -2.61. The fourth-order valence-electron chi connectivity index (χ4n) is 2.43. The zero-order chi connectivity index (χ0) is 21.3. The molecule has 1 heterocycles. The molecule has 0 bridgehead atoms. The van der Waals surface area contributed by atoms with E-state index in [9.17, 15) is 9.59 Å². The van der Waals surface area contributed by atoms with Crippen molar-refractivity contribution in [1.29, 1.82) is 0 Å². The Balaban J connectivity index is 1.50. The monoisotopic (exact) mass is 460 g/mol. The second-order valence-electron chi connectivity index (χ2n) is 6.18. The molecular weight excluding hydrogens is 443 g/mol. The molecular formula is C21H18Cl2N4O2S. The van der Waals surface area contributed by atoms with Gasteiger partial charge in [0, 0.05) is 29.4 Å². The average Bonchev–Trinajstić information content (AvgIpc) is 2.75. The Kier molecular flexibility index (Phi) is 8.07. The standard InChI is InChI=1S/C21H18Cl2N4O2S/c22-15-6-8-16(9-7-15)26-18(28)10-11-24-20(29)19-17(23)12-25-21(27-19)30-13-14-4-2-1-3-5-14/h1-9,12H,10-11,13H2,(H,24,29)(H,26,28). The Bertz CT molecular complexity index is 1020. The van der Waals surface area contributed by atoms with E-state index < -0.39 is 5.91 Å². The highest BCUT2D eigenvalue weighted by molar-refractivity contribution is 7.98. The van der Waals surface area contributed by atoms with Gasteiger partial charge in [-0.05, 0) is 29.8 Å². The van der Waals surface area contributed by atoms with E-state index in [1.807, 2.05) is 30.3 Å². The van der Waals surface area contributed by atoms with Crippen molar-refractivity contribution >= 4 is 52.5 Å². The van der Waals surface area contributed by atoms with Gasteiger partial charge in [0.2, 0.25) is 5.91 Å². The number of thioether (sulfide) groups is 1. The van der Waals surface area contributed by atoms with Crippen LogP contribution < -0.4 is 10.6 Å². The van der Waals surface area contributed by atoms with E-state index in [2.05, 4.69) is 20.6 Å². The summed E-state index contributed by atoms with van der Waals surface area (Å²) in [5, 5.41) is 6.59. The molecule has 30 heavy (non-hydrogen) atoms. The van der Waals surface area contributed by atoms with Gasteiger partial charge in [0.15, 0.2) is 10.9 Å². The van der Waals surface area contributed by atoms with Gasteiger partial charge >= 0.3 is 0 Å². The van der Waals surface area contributed by atoms with Crippen molar-refractivity contribution in [2.24, 2.45) is 0 Å². The molecule has 6 nitrogen and oxygen atoms in total. The van der Waals surface area contributed by atoms with Crippen LogP contribution in [0.5, 0.6) is 0 Å². The van der Waals surface area contributed by atoms with Crippen LogP contribution in [0, 0.1) is 0 Å². The van der Waals surface area contributed by atoms with E-state index in [-0.39, 0.29) is 29.6 Å². The SMILES string of the molecule is O=C(CCNC(=O)c1nc(SCc2ccccc2)ncc1Cl)Nc1ccc(Cl)cc1. The van der Waals surface area contributed by atoms with Gasteiger partial charge in [0.25, 0.3) is 5.91 Å². The maximum atomic E-state index is 12.4. The normalized spacial score (nSPS) is 10.5. The van der Waals surface area contributed by atoms with Crippen molar-refractivity contribution in [1.82, 2.24) is 15.3 Å². The molecule has 3 rings (SSSR count). The van der Waals surface area contributed by atoms with Crippen molar-refractivity contribution in [2.45, 2.75) is 17.3 Å². The van der Waals surface area contributed by atoms with Crippen molar-refractivity contribution in [3.8, 4) is 0 Å². The summed E-state index contributed by atoms with van der Waals surface area (Å²) in [6.45, 7) is 0.144. The molecule has 1 aromatic heterocycles. The number of carbonyl (C=O) groups excluding carboxylic acids is 2. The molecule has 2 amide bonds. The van der Waals surface area contributed by atoms with Gasteiger partial charge in [0.05, 0.1) is 11.2 Å². The summed E-state index contributed by atoms with van der Waals surface area (Å²) >= 11 is 13.3. The minimum atomic E-state index is -0.455. The lowest BCUT2D eigenvalue weighted by molar-refractivity contribution is -0.116. The lowest BCUT2D eigenvalue weighted by Crippen LogP contribution is -2.28. The quantitative estimate of drug-likeness (QED) is 0.371. The number of carbonyl (C=O) groups is 2. The molecule has 0 radical (unpaired) electrons. The van der Waals surface area contributed by atoms with Crippen molar-refractivity contribution in [2.75, 3.05) is 11.9 Å². The lowest BCUT2D eigenvalue weighted by Gasteiger charge is -2.08. The van der Waals surface area contributed by atoms with Crippen LogP contribution in [0.25, 0.3) is 0 Å². The van der Waals surface area contributed by atoms with Crippen LogP contribution in [0.3, 0.4) is 0 Å². The predicted molar refractivity (Wildman–Crippen MR) is 120 cm³/mol. The number of anilines is 1. The topological polar surface area (TPSA) is 84.0 Å². The highest BCUT2D eigenvalue weighted by Gasteiger charge is 2.15. The van der Waals surface area contributed by atoms with E-state index in [0.717, 1.165) is 5.56 Å². The molecule has 0 aliphatic heterocycles. The molecule has 154 valence electrons. The number of benzene rings is 2. The van der Waals surface area contributed by atoms with Gasteiger partial charge in [-0.2, -0.15) is 0 Å². The van der Waals surface area contributed by atoms with Crippen molar-refractivity contribution < 1.29 is 9.59 Å². The molecule has 0 saturated heterocycles. The Labute approximate surface area is 188 Å². The van der Waals surface area contributed by atoms with Crippen LogP contribution in [0.4, 0.5) is 5.69 Å². The molecule has 0 saturated carbocycles. The predicted octanol–water partition coefficient (Wildman–Crippen LogP) is 4.83. The van der Waals surface area contributed by atoms with Crippen LogP contribution in [-0.4, -0.2) is 28.3 Å².